The number of rotatable bonds is 4. The highest BCUT2D eigenvalue weighted by molar-refractivity contribution is 8.00. The van der Waals surface area contributed by atoms with Crippen LogP contribution in [0.25, 0.3) is 0 Å². The van der Waals surface area contributed by atoms with E-state index in [0.29, 0.717) is 0 Å². The molecule has 0 bridgehead atoms. The number of nitrogens with one attached hydrogen (secondary N) is 3. The van der Waals surface area contributed by atoms with Crippen molar-refractivity contribution in [2.24, 2.45) is 4.99 Å². The van der Waals surface area contributed by atoms with Gasteiger partial charge in [-0.3, -0.25) is 10.1 Å². The lowest BCUT2D eigenvalue weighted by atomic mass is 10.2. The Morgan fingerprint density at radius 1 is 1.65 bits per heavy atom. The molecule has 2 heterocycles. The molecule has 0 aliphatic carbocycles. The molecule has 6 heteroatoms. The molecule has 1 fully saturated rings. The predicted octanol–water partition coefficient (Wildman–Crippen LogP) is 0.970. The Morgan fingerprint density at radius 3 is 3.24 bits per heavy atom. The highest BCUT2D eigenvalue weighted by atomic mass is 32.2. The van der Waals surface area contributed by atoms with Gasteiger partial charge in [0.05, 0.1) is 12.2 Å². The molecule has 1 unspecified atom stereocenters. The molecule has 94 valence electrons. The third-order valence-corrected chi connectivity index (χ3v) is 4.15. The minimum absolute atomic E-state index is 0.720. The normalized spacial score (nSPS) is 20.5. The Labute approximate surface area is 106 Å². The van der Waals surface area contributed by atoms with Crippen molar-refractivity contribution in [3.8, 4) is 0 Å². The van der Waals surface area contributed by atoms with Gasteiger partial charge >= 0.3 is 0 Å². The lowest BCUT2D eigenvalue weighted by Crippen LogP contribution is -2.39. The highest BCUT2D eigenvalue weighted by Gasteiger charge is 2.15. The van der Waals surface area contributed by atoms with Crippen LogP contribution in [-0.2, 0) is 6.54 Å². The standard InChI is InChI=1S/C11H19N5S/c1-12-11(13-7-9-4-5-15-16-9)14-8-10-3-2-6-17-10/h4-5,10H,2-3,6-8H2,1H3,(H,15,16)(H2,12,13,14). The van der Waals surface area contributed by atoms with Gasteiger partial charge in [-0.05, 0) is 24.7 Å². The van der Waals surface area contributed by atoms with E-state index in [1.807, 2.05) is 17.8 Å². The van der Waals surface area contributed by atoms with Crippen LogP contribution in [0.15, 0.2) is 17.3 Å². The van der Waals surface area contributed by atoms with E-state index >= 15 is 0 Å². The minimum atomic E-state index is 0.720. The second-order valence-electron chi connectivity index (χ2n) is 4.02. The van der Waals surface area contributed by atoms with Crippen LogP contribution < -0.4 is 10.6 Å². The summed E-state index contributed by atoms with van der Waals surface area (Å²) in [6, 6.07) is 1.95. The maximum atomic E-state index is 4.20. The molecule has 5 nitrogen and oxygen atoms in total. The first-order valence-corrected chi connectivity index (χ1v) is 6.97. The molecule has 0 amide bonds. The van der Waals surface area contributed by atoms with Gasteiger partial charge in [0.15, 0.2) is 5.96 Å². The van der Waals surface area contributed by atoms with Crippen molar-refractivity contribution in [1.82, 2.24) is 20.8 Å². The molecule has 1 aliphatic rings. The molecule has 1 aliphatic heterocycles. The van der Waals surface area contributed by atoms with Crippen LogP contribution >= 0.6 is 11.8 Å². The van der Waals surface area contributed by atoms with Crippen LogP contribution in [0.4, 0.5) is 0 Å². The van der Waals surface area contributed by atoms with Crippen LogP contribution in [0, 0.1) is 0 Å². The van der Waals surface area contributed by atoms with Gasteiger partial charge in [0.2, 0.25) is 0 Å². The van der Waals surface area contributed by atoms with Crippen molar-refractivity contribution in [3.05, 3.63) is 18.0 Å². The zero-order valence-corrected chi connectivity index (χ0v) is 10.9. The van der Waals surface area contributed by atoms with Gasteiger partial charge in [-0.15, -0.1) is 0 Å². The van der Waals surface area contributed by atoms with Crippen LogP contribution in [0.3, 0.4) is 0 Å². The molecule has 1 saturated heterocycles. The van der Waals surface area contributed by atoms with E-state index in [-0.39, 0.29) is 0 Å². The van der Waals surface area contributed by atoms with E-state index in [4.69, 9.17) is 0 Å². The smallest absolute Gasteiger partial charge is 0.191 e. The van der Waals surface area contributed by atoms with Crippen LogP contribution in [0.2, 0.25) is 0 Å². The average Bonchev–Trinajstić information content (AvgIpc) is 3.02. The van der Waals surface area contributed by atoms with Crippen molar-refractivity contribution in [1.29, 1.82) is 0 Å². The van der Waals surface area contributed by atoms with Gasteiger partial charge in [0, 0.05) is 25.0 Å². The number of thioether (sulfide) groups is 1. The number of aromatic nitrogens is 2. The van der Waals surface area contributed by atoms with Crippen LogP contribution in [0.5, 0.6) is 0 Å². The summed E-state index contributed by atoms with van der Waals surface area (Å²) in [6.07, 6.45) is 4.41. The van der Waals surface area contributed by atoms with Crippen molar-refractivity contribution >= 4 is 17.7 Å². The second-order valence-corrected chi connectivity index (χ2v) is 5.43. The highest BCUT2D eigenvalue weighted by Crippen LogP contribution is 2.25. The largest absolute Gasteiger partial charge is 0.355 e. The van der Waals surface area contributed by atoms with Gasteiger partial charge in [0.25, 0.3) is 0 Å². The summed E-state index contributed by atoms with van der Waals surface area (Å²) in [5, 5.41) is 14.2. The maximum Gasteiger partial charge on any atom is 0.191 e. The Balaban J connectivity index is 1.69. The Bertz CT molecular complexity index is 343. The van der Waals surface area contributed by atoms with Crippen molar-refractivity contribution in [2.75, 3.05) is 19.3 Å². The summed E-state index contributed by atoms with van der Waals surface area (Å²) in [5.74, 6) is 2.15. The number of aromatic amines is 1. The Kier molecular flexibility index (Phi) is 4.73. The molecule has 3 N–H and O–H groups in total. The fraction of sp³-hybridized carbons (Fsp3) is 0.636. The van der Waals surface area contributed by atoms with E-state index < -0.39 is 0 Å². The van der Waals surface area contributed by atoms with E-state index in [2.05, 4.69) is 25.8 Å². The van der Waals surface area contributed by atoms with Crippen LogP contribution in [0.1, 0.15) is 18.5 Å². The van der Waals surface area contributed by atoms with E-state index in [9.17, 15) is 0 Å². The van der Waals surface area contributed by atoms with E-state index in [1.165, 1.54) is 18.6 Å². The van der Waals surface area contributed by atoms with Gasteiger partial charge < -0.3 is 10.6 Å². The lowest BCUT2D eigenvalue weighted by Gasteiger charge is -2.14. The zero-order valence-electron chi connectivity index (χ0n) is 10.1. The lowest BCUT2D eigenvalue weighted by molar-refractivity contribution is 0.722. The third-order valence-electron chi connectivity index (χ3n) is 2.75. The number of aliphatic imine (C=N–C) groups is 1. The van der Waals surface area contributed by atoms with Gasteiger partial charge in [-0.2, -0.15) is 16.9 Å². The van der Waals surface area contributed by atoms with Gasteiger partial charge in [0.1, 0.15) is 0 Å². The van der Waals surface area contributed by atoms with Crippen molar-refractivity contribution in [2.45, 2.75) is 24.6 Å². The molecular formula is C11H19N5S. The number of hydrogen-bond donors (Lipinski definition) is 3. The van der Waals surface area contributed by atoms with Gasteiger partial charge in [-0.1, -0.05) is 0 Å². The summed E-state index contributed by atoms with van der Waals surface area (Å²) in [7, 11) is 1.80. The van der Waals surface area contributed by atoms with E-state index in [0.717, 1.165) is 30.0 Å². The topological polar surface area (TPSA) is 65.1 Å². The minimum Gasteiger partial charge on any atom is -0.355 e. The average molecular weight is 253 g/mol. The quantitative estimate of drug-likeness (QED) is 0.552. The van der Waals surface area contributed by atoms with E-state index in [1.54, 1.807) is 13.2 Å². The summed E-state index contributed by atoms with van der Waals surface area (Å²) in [4.78, 5) is 4.20. The summed E-state index contributed by atoms with van der Waals surface area (Å²) < 4.78 is 0. The molecule has 2 rings (SSSR count). The molecule has 1 atom stereocenters. The van der Waals surface area contributed by atoms with Crippen molar-refractivity contribution < 1.29 is 0 Å². The maximum absolute atomic E-state index is 4.20. The molecule has 0 saturated carbocycles. The molecule has 0 aromatic carbocycles. The Hall–Kier alpha value is -1.17. The number of guanidine groups is 1. The molecule has 17 heavy (non-hydrogen) atoms. The summed E-state index contributed by atoms with van der Waals surface area (Å²) in [6.45, 7) is 1.71. The van der Waals surface area contributed by atoms with Crippen molar-refractivity contribution in [3.63, 3.8) is 0 Å². The zero-order chi connectivity index (χ0) is 11.9. The number of H-pyrrole nitrogens is 1. The predicted molar refractivity (Wildman–Crippen MR) is 72.3 cm³/mol. The molecule has 1 aromatic rings. The molecule has 1 aromatic heterocycles. The fourth-order valence-electron chi connectivity index (χ4n) is 1.80. The second kappa shape index (κ2) is 6.54. The molecular weight excluding hydrogens is 234 g/mol. The number of hydrogen-bond acceptors (Lipinski definition) is 3. The first-order chi connectivity index (χ1) is 8.38. The Morgan fingerprint density at radius 2 is 2.59 bits per heavy atom. The summed E-state index contributed by atoms with van der Waals surface area (Å²) >= 11 is 2.05. The van der Waals surface area contributed by atoms with Gasteiger partial charge in [-0.25, -0.2) is 0 Å². The first-order valence-electron chi connectivity index (χ1n) is 5.93. The van der Waals surface area contributed by atoms with Crippen LogP contribution in [-0.4, -0.2) is 40.8 Å². The molecule has 0 radical (unpaired) electrons. The summed E-state index contributed by atoms with van der Waals surface area (Å²) in [5.41, 5.74) is 1.06. The molecule has 0 spiro atoms. The number of nitrogens with zero attached hydrogens (tertiary/aromatic N) is 2. The monoisotopic (exact) mass is 253 g/mol. The first kappa shape index (κ1) is 12.3. The fourth-order valence-corrected chi connectivity index (χ4v) is 3.00. The third kappa shape index (κ3) is 3.96. The SMILES string of the molecule is CN=C(NCc1ccn[nH]1)NCC1CCCS1.